The molecule has 0 atom stereocenters. The van der Waals surface area contributed by atoms with E-state index in [1.54, 1.807) is 11.8 Å². The van der Waals surface area contributed by atoms with Crippen molar-refractivity contribution >= 4 is 29.1 Å². The molecule has 144 valence electrons. The van der Waals surface area contributed by atoms with Crippen LogP contribution in [0.25, 0.3) is 0 Å². The van der Waals surface area contributed by atoms with Gasteiger partial charge in [-0.25, -0.2) is 0 Å². The van der Waals surface area contributed by atoms with Gasteiger partial charge < -0.3 is 14.7 Å². The van der Waals surface area contributed by atoms with Crippen molar-refractivity contribution in [1.82, 2.24) is 9.80 Å². The molecule has 26 heavy (non-hydrogen) atoms. The second-order valence-corrected chi connectivity index (χ2v) is 7.72. The van der Waals surface area contributed by atoms with Crippen LogP contribution in [0.3, 0.4) is 0 Å². The van der Waals surface area contributed by atoms with Crippen molar-refractivity contribution in [3.8, 4) is 0 Å². The highest BCUT2D eigenvalue weighted by molar-refractivity contribution is 6.30. The summed E-state index contributed by atoms with van der Waals surface area (Å²) in [6.45, 7) is 10.1. The highest BCUT2D eigenvalue weighted by Gasteiger charge is 2.22. The summed E-state index contributed by atoms with van der Waals surface area (Å²) in [4.78, 5) is 30.2. The first-order chi connectivity index (χ1) is 12.4. The third-order valence-corrected chi connectivity index (χ3v) is 5.06. The van der Waals surface area contributed by atoms with Crippen LogP contribution >= 0.6 is 11.6 Å². The number of anilines is 1. The van der Waals surface area contributed by atoms with Crippen molar-refractivity contribution in [2.75, 3.05) is 44.2 Å². The summed E-state index contributed by atoms with van der Waals surface area (Å²) in [5, 5.41) is 0.728. The van der Waals surface area contributed by atoms with E-state index in [4.69, 9.17) is 11.6 Å². The highest BCUT2D eigenvalue weighted by atomic mass is 35.5. The SMILES string of the molecule is CC(=O)N(CCC(=O)N1CCN(c2cccc(Cl)c2)CC1)CCC(C)C. The van der Waals surface area contributed by atoms with E-state index in [0.29, 0.717) is 32.0 Å². The Hall–Kier alpha value is -1.75. The van der Waals surface area contributed by atoms with E-state index in [1.165, 1.54) is 0 Å². The highest BCUT2D eigenvalue weighted by Crippen LogP contribution is 2.21. The van der Waals surface area contributed by atoms with Crippen LogP contribution < -0.4 is 4.90 Å². The number of hydrogen-bond acceptors (Lipinski definition) is 3. The fraction of sp³-hybridized carbons (Fsp3) is 0.600. The van der Waals surface area contributed by atoms with Gasteiger partial charge in [0.25, 0.3) is 0 Å². The molecule has 0 saturated carbocycles. The molecule has 1 saturated heterocycles. The number of nitrogens with zero attached hydrogens (tertiary/aromatic N) is 3. The summed E-state index contributed by atoms with van der Waals surface area (Å²) >= 11 is 6.06. The summed E-state index contributed by atoms with van der Waals surface area (Å²) in [7, 11) is 0. The second-order valence-electron chi connectivity index (χ2n) is 7.29. The van der Waals surface area contributed by atoms with Gasteiger partial charge in [0, 0.05) is 63.3 Å². The number of benzene rings is 1. The smallest absolute Gasteiger partial charge is 0.224 e. The van der Waals surface area contributed by atoms with Crippen molar-refractivity contribution < 1.29 is 9.59 Å². The number of piperazine rings is 1. The molecule has 0 aliphatic carbocycles. The maximum absolute atomic E-state index is 12.5. The van der Waals surface area contributed by atoms with Gasteiger partial charge in [-0.2, -0.15) is 0 Å². The molecule has 0 spiro atoms. The van der Waals surface area contributed by atoms with Gasteiger partial charge in [-0.15, -0.1) is 0 Å². The predicted molar refractivity (Wildman–Crippen MR) is 107 cm³/mol. The summed E-state index contributed by atoms with van der Waals surface area (Å²) in [6.07, 6.45) is 1.36. The van der Waals surface area contributed by atoms with Crippen LogP contribution in [0.15, 0.2) is 24.3 Å². The Balaban J connectivity index is 1.79. The Labute approximate surface area is 161 Å². The molecular formula is C20H30ClN3O2. The molecule has 1 aromatic rings. The Morgan fingerprint density at radius 3 is 2.42 bits per heavy atom. The van der Waals surface area contributed by atoms with E-state index in [9.17, 15) is 9.59 Å². The maximum Gasteiger partial charge on any atom is 0.224 e. The van der Waals surface area contributed by atoms with Crippen LogP contribution in [0, 0.1) is 5.92 Å². The Morgan fingerprint density at radius 1 is 1.15 bits per heavy atom. The monoisotopic (exact) mass is 379 g/mol. The third kappa shape index (κ3) is 6.20. The van der Waals surface area contributed by atoms with Crippen LogP contribution in [0.1, 0.15) is 33.6 Å². The Bertz CT molecular complexity index is 613. The minimum Gasteiger partial charge on any atom is -0.368 e. The number of carbonyl (C=O) groups excluding carboxylic acids is 2. The quantitative estimate of drug-likeness (QED) is 0.730. The van der Waals surface area contributed by atoms with Crippen LogP contribution in [-0.4, -0.2) is 60.9 Å². The lowest BCUT2D eigenvalue weighted by atomic mass is 10.1. The molecule has 0 radical (unpaired) electrons. The molecule has 0 unspecified atom stereocenters. The fourth-order valence-corrected chi connectivity index (χ4v) is 3.30. The second kappa shape index (κ2) is 9.81. The molecule has 0 bridgehead atoms. The van der Waals surface area contributed by atoms with Crippen LogP contribution in [0.4, 0.5) is 5.69 Å². The van der Waals surface area contributed by atoms with Crippen molar-refractivity contribution in [2.45, 2.75) is 33.6 Å². The maximum atomic E-state index is 12.5. The van der Waals surface area contributed by atoms with Crippen molar-refractivity contribution in [2.24, 2.45) is 5.92 Å². The predicted octanol–water partition coefficient (Wildman–Crippen LogP) is 3.27. The van der Waals surface area contributed by atoms with E-state index in [0.717, 1.165) is 36.8 Å². The van der Waals surface area contributed by atoms with Gasteiger partial charge in [-0.3, -0.25) is 9.59 Å². The van der Waals surface area contributed by atoms with E-state index < -0.39 is 0 Å². The van der Waals surface area contributed by atoms with Crippen molar-refractivity contribution in [3.63, 3.8) is 0 Å². The lowest BCUT2D eigenvalue weighted by Crippen LogP contribution is -2.49. The normalized spacial score (nSPS) is 14.7. The number of hydrogen-bond donors (Lipinski definition) is 0. The van der Waals surface area contributed by atoms with Gasteiger partial charge in [0.05, 0.1) is 0 Å². The average Bonchev–Trinajstić information content (AvgIpc) is 2.61. The van der Waals surface area contributed by atoms with Gasteiger partial charge >= 0.3 is 0 Å². The summed E-state index contributed by atoms with van der Waals surface area (Å²) in [5.74, 6) is 0.725. The standard InChI is InChI=1S/C20H30ClN3O2/c1-16(2)7-9-22(17(3)25)10-8-20(26)24-13-11-23(12-14-24)19-6-4-5-18(21)15-19/h4-6,15-16H,7-14H2,1-3H3. The Kier molecular flexibility index (Phi) is 7.76. The molecule has 1 aliphatic rings. The van der Waals surface area contributed by atoms with E-state index in [1.807, 2.05) is 29.2 Å². The molecule has 1 heterocycles. The van der Waals surface area contributed by atoms with Crippen LogP contribution in [-0.2, 0) is 9.59 Å². The zero-order valence-corrected chi connectivity index (χ0v) is 16.8. The number of rotatable bonds is 7. The molecule has 6 heteroatoms. The minimum absolute atomic E-state index is 0.0456. The zero-order chi connectivity index (χ0) is 19.1. The lowest BCUT2D eigenvalue weighted by Gasteiger charge is -2.36. The molecule has 2 amide bonds. The number of halogens is 1. The molecule has 0 N–H and O–H groups in total. The molecule has 1 fully saturated rings. The summed E-state index contributed by atoms with van der Waals surface area (Å²) in [5.41, 5.74) is 1.10. The van der Waals surface area contributed by atoms with E-state index >= 15 is 0 Å². The van der Waals surface area contributed by atoms with Gasteiger partial charge in [-0.1, -0.05) is 31.5 Å². The summed E-state index contributed by atoms with van der Waals surface area (Å²) in [6, 6.07) is 7.81. The van der Waals surface area contributed by atoms with Gasteiger partial charge in [0.15, 0.2) is 0 Å². The van der Waals surface area contributed by atoms with Gasteiger partial charge in [0.1, 0.15) is 0 Å². The molecular weight excluding hydrogens is 350 g/mol. The van der Waals surface area contributed by atoms with E-state index in [-0.39, 0.29) is 11.8 Å². The zero-order valence-electron chi connectivity index (χ0n) is 16.1. The molecule has 5 nitrogen and oxygen atoms in total. The third-order valence-electron chi connectivity index (χ3n) is 4.82. The topological polar surface area (TPSA) is 43.9 Å². The minimum atomic E-state index is 0.0456. The fourth-order valence-electron chi connectivity index (χ4n) is 3.12. The first-order valence-electron chi connectivity index (χ1n) is 9.40. The lowest BCUT2D eigenvalue weighted by molar-refractivity contribution is -0.133. The molecule has 0 aromatic heterocycles. The average molecular weight is 380 g/mol. The largest absolute Gasteiger partial charge is 0.368 e. The first kappa shape index (κ1) is 20.6. The molecule has 1 aliphatic heterocycles. The number of amides is 2. The van der Waals surface area contributed by atoms with Crippen LogP contribution in [0.2, 0.25) is 5.02 Å². The summed E-state index contributed by atoms with van der Waals surface area (Å²) < 4.78 is 0. The van der Waals surface area contributed by atoms with Crippen molar-refractivity contribution in [1.29, 1.82) is 0 Å². The van der Waals surface area contributed by atoms with Gasteiger partial charge in [-0.05, 0) is 30.5 Å². The van der Waals surface area contributed by atoms with Gasteiger partial charge in [0.2, 0.25) is 11.8 Å². The molecule has 2 rings (SSSR count). The van der Waals surface area contributed by atoms with Crippen LogP contribution in [0.5, 0.6) is 0 Å². The van der Waals surface area contributed by atoms with Crippen molar-refractivity contribution in [3.05, 3.63) is 29.3 Å². The first-order valence-corrected chi connectivity index (χ1v) is 9.78. The molecule has 1 aromatic carbocycles. The van der Waals surface area contributed by atoms with E-state index in [2.05, 4.69) is 18.7 Å². The number of carbonyl (C=O) groups is 2. The Morgan fingerprint density at radius 2 is 1.85 bits per heavy atom.